The predicted octanol–water partition coefficient (Wildman–Crippen LogP) is 1.12. The number of piperazine rings is 1. The predicted molar refractivity (Wildman–Crippen MR) is 111 cm³/mol. The van der Waals surface area contributed by atoms with E-state index in [0.717, 1.165) is 54.2 Å². The average Bonchev–Trinajstić information content (AvgIpc) is 3.04. The van der Waals surface area contributed by atoms with Crippen LogP contribution in [0.4, 0.5) is 5.69 Å². The summed E-state index contributed by atoms with van der Waals surface area (Å²) < 4.78 is 0. The topological polar surface area (TPSA) is 86.7 Å². The Labute approximate surface area is 173 Å². The highest BCUT2D eigenvalue weighted by atomic mass is 35.5. The Bertz CT molecular complexity index is 1040. The molecule has 0 atom stereocenters. The van der Waals surface area contributed by atoms with Gasteiger partial charge in [-0.25, -0.2) is 0 Å². The van der Waals surface area contributed by atoms with Gasteiger partial charge in [0, 0.05) is 16.0 Å². The van der Waals surface area contributed by atoms with E-state index in [4.69, 9.17) is 11.6 Å². The molecule has 150 valence electrons. The number of H-pyrrole nitrogens is 1. The summed E-state index contributed by atoms with van der Waals surface area (Å²) >= 11 is 6.26. The minimum absolute atomic E-state index is 0.0770. The van der Waals surface area contributed by atoms with E-state index in [9.17, 15) is 9.90 Å². The van der Waals surface area contributed by atoms with Crippen LogP contribution in [0.3, 0.4) is 0 Å². The lowest BCUT2D eigenvalue weighted by Crippen LogP contribution is -3.27. The number of amides is 1. The molecule has 1 saturated heterocycles. The molecule has 3 aromatic rings. The number of rotatable bonds is 5. The number of hydrogen-bond acceptors (Lipinski definition) is 3. The van der Waals surface area contributed by atoms with E-state index >= 15 is 0 Å². The fraction of sp³-hybridized carbons (Fsp3) is 0.286. The molecule has 2 aromatic carbocycles. The standard InChI is InChI=1S/C21H22ClN5O2/c22-17-7-3-1-5-15(17)13-26-9-11-27(12-10-26)14-19(28)24-25-20-16-6-2-4-8-18(16)23-21(20)29/h1-8,23,29H,9-14H2/p+2. The second-order valence-electron chi connectivity index (χ2n) is 7.41. The SMILES string of the molecule is O=C(C[NH+]1CC[NH+](Cc2ccccc2Cl)CC1)N=Nc1c(O)[nH]c2ccccc12. The summed E-state index contributed by atoms with van der Waals surface area (Å²) in [6, 6.07) is 15.3. The van der Waals surface area contributed by atoms with E-state index in [1.54, 1.807) is 0 Å². The molecule has 0 spiro atoms. The molecule has 1 amide bonds. The number of carbonyl (C=O) groups excluding carboxylic acids is 1. The minimum atomic E-state index is -0.278. The van der Waals surface area contributed by atoms with Crippen LogP contribution in [0.5, 0.6) is 5.88 Å². The highest BCUT2D eigenvalue weighted by molar-refractivity contribution is 6.31. The molecular weight excluding hydrogens is 390 g/mol. The first kappa shape index (κ1) is 19.6. The number of aromatic amines is 1. The third-order valence-electron chi connectivity index (χ3n) is 5.38. The van der Waals surface area contributed by atoms with Crippen molar-refractivity contribution in [2.24, 2.45) is 10.2 Å². The van der Waals surface area contributed by atoms with Gasteiger partial charge < -0.3 is 19.9 Å². The molecule has 4 rings (SSSR count). The quantitative estimate of drug-likeness (QED) is 0.472. The number of para-hydroxylation sites is 1. The maximum absolute atomic E-state index is 12.3. The number of hydrogen-bond donors (Lipinski definition) is 4. The summed E-state index contributed by atoms with van der Waals surface area (Å²) in [6.07, 6.45) is 0. The first-order chi connectivity index (χ1) is 14.1. The second-order valence-corrected chi connectivity index (χ2v) is 7.81. The monoisotopic (exact) mass is 413 g/mol. The van der Waals surface area contributed by atoms with Gasteiger partial charge in [0.25, 0.3) is 0 Å². The van der Waals surface area contributed by atoms with Crippen molar-refractivity contribution in [2.75, 3.05) is 32.7 Å². The molecule has 0 bridgehead atoms. The molecule has 1 aliphatic heterocycles. The van der Waals surface area contributed by atoms with E-state index in [2.05, 4.69) is 21.3 Å². The summed E-state index contributed by atoms with van der Waals surface area (Å²) in [6.45, 7) is 4.98. The van der Waals surface area contributed by atoms with Gasteiger partial charge in [0.05, 0.1) is 5.52 Å². The smallest absolute Gasteiger partial charge is 0.319 e. The number of nitrogens with zero attached hydrogens (tertiary/aromatic N) is 2. The van der Waals surface area contributed by atoms with E-state index in [1.165, 1.54) is 9.80 Å². The van der Waals surface area contributed by atoms with Crippen molar-refractivity contribution in [3.05, 3.63) is 59.1 Å². The molecule has 1 aliphatic rings. The Hall–Kier alpha value is -2.74. The highest BCUT2D eigenvalue weighted by Gasteiger charge is 2.25. The van der Waals surface area contributed by atoms with Crippen molar-refractivity contribution in [3.8, 4) is 5.88 Å². The zero-order valence-corrected chi connectivity index (χ0v) is 16.7. The molecule has 0 unspecified atom stereocenters. The van der Waals surface area contributed by atoms with E-state index in [0.29, 0.717) is 12.2 Å². The van der Waals surface area contributed by atoms with Crippen LogP contribution in [0, 0.1) is 0 Å². The van der Waals surface area contributed by atoms with Crippen LogP contribution in [0.25, 0.3) is 10.9 Å². The molecule has 4 N–H and O–H groups in total. The van der Waals surface area contributed by atoms with Gasteiger partial charge >= 0.3 is 5.91 Å². The summed E-state index contributed by atoms with van der Waals surface area (Å²) in [4.78, 5) is 17.8. The number of fused-ring (bicyclic) bond motifs is 1. The lowest BCUT2D eigenvalue weighted by atomic mass is 10.2. The number of quaternary nitrogens is 2. The number of carbonyl (C=O) groups is 1. The Morgan fingerprint density at radius 1 is 1.03 bits per heavy atom. The number of halogens is 1. The zero-order chi connectivity index (χ0) is 20.2. The molecule has 2 heterocycles. The van der Waals surface area contributed by atoms with Crippen LogP contribution in [0.2, 0.25) is 5.02 Å². The molecule has 8 heteroatoms. The van der Waals surface area contributed by atoms with Gasteiger partial charge in [-0.15, -0.1) is 10.2 Å². The van der Waals surface area contributed by atoms with Crippen LogP contribution >= 0.6 is 11.6 Å². The first-order valence-electron chi connectivity index (χ1n) is 9.75. The summed E-state index contributed by atoms with van der Waals surface area (Å²) in [5, 5.41) is 19.4. The summed E-state index contributed by atoms with van der Waals surface area (Å²) in [5.74, 6) is -0.355. The summed E-state index contributed by atoms with van der Waals surface area (Å²) in [7, 11) is 0. The number of benzene rings is 2. The molecule has 0 aliphatic carbocycles. The van der Waals surface area contributed by atoms with Gasteiger partial charge in [0.1, 0.15) is 32.7 Å². The van der Waals surface area contributed by atoms with Gasteiger partial charge in [0.15, 0.2) is 12.2 Å². The molecule has 1 fully saturated rings. The van der Waals surface area contributed by atoms with Crippen molar-refractivity contribution in [1.29, 1.82) is 0 Å². The average molecular weight is 414 g/mol. The van der Waals surface area contributed by atoms with Gasteiger partial charge in [-0.2, -0.15) is 0 Å². The van der Waals surface area contributed by atoms with Crippen LogP contribution < -0.4 is 9.80 Å². The maximum Gasteiger partial charge on any atom is 0.319 e. The van der Waals surface area contributed by atoms with Crippen LogP contribution in [-0.2, 0) is 11.3 Å². The van der Waals surface area contributed by atoms with Gasteiger partial charge in [-0.1, -0.05) is 48.0 Å². The lowest BCUT2D eigenvalue weighted by molar-refractivity contribution is -1.02. The third kappa shape index (κ3) is 4.64. The molecule has 7 nitrogen and oxygen atoms in total. The fourth-order valence-corrected chi connectivity index (χ4v) is 3.99. The normalized spacial score (nSPS) is 19.8. The van der Waals surface area contributed by atoms with Gasteiger partial charge in [0.2, 0.25) is 5.88 Å². The largest absolute Gasteiger partial charge is 0.493 e. The van der Waals surface area contributed by atoms with Crippen molar-refractivity contribution in [2.45, 2.75) is 6.54 Å². The highest BCUT2D eigenvalue weighted by Crippen LogP contribution is 2.35. The second kappa shape index (κ2) is 8.73. The Kier molecular flexibility index (Phi) is 5.89. The zero-order valence-electron chi connectivity index (χ0n) is 16.0. The van der Waals surface area contributed by atoms with Crippen molar-refractivity contribution < 1.29 is 19.7 Å². The van der Waals surface area contributed by atoms with Gasteiger partial charge in [-0.05, 0) is 12.1 Å². The minimum Gasteiger partial charge on any atom is -0.493 e. The molecule has 29 heavy (non-hydrogen) atoms. The van der Waals surface area contributed by atoms with E-state index in [1.807, 2.05) is 42.5 Å². The van der Waals surface area contributed by atoms with E-state index < -0.39 is 0 Å². The van der Waals surface area contributed by atoms with Crippen molar-refractivity contribution in [3.63, 3.8) is 0 Å². The van der Waals surface area contributed by atoms with E-state index in [-0.39, 0.29) is 11.8 Å². The molecular formula is C21H24ClN5O2+2. The molecule has 1 aromatic heterocycles. The van der Waals surface area contributed by atoms with Gasteiger partial charge in [-0.3, -0.25) is 4.79 Å². The van der Waals surface area contributed by atoms with Crippen molar-refractivity contribution in [1.82, 2.24) is 4.98 Å². The number of aromatic nitrogens is 1. The first-order valence-corrected chi connectivity index (χ1v) is 10.1. The summed E-state index contributed by atoms with van der Waals surface area (Å²) in [5.41, 5.74) is 2.23. The number of nitrogens with one attached hydrogen (secondary N) is 3. The van der Waals surface area contributed by atoms with Crippen molar-refractivity contribution >= 4 is 34.1 Å². The Morgan fingerprint density at radius 2 is 1.72 bits per heavy atom. The molecule has 0 saturated carbocycles. The Balaban J connectivity index is 1.30. The lowest BCUT2D eigenvalue weighted by Gasteiger charge is -2.29. The van der Waals surface area contributed by atoms with Crippen LogP contribution in [-0.4, -0.2) is 48.7 Å². The van der Waals surface area contributed by atoms with Crippen LogP contribution in [0.1, 0.15) is 5.56 Å². The number of azo groups is 1. The Morgan fingerprint density at radius 3 is 2.52 bits per heavy atom. The van der Waals surface area contributed by atoms with Crippen LogP contribution in [0.15, 0.2) is 58.8 Å². The number of aromatic hydroxyl groups is 1. The third-order valence-corrected chi connectivity index (χ3v) is 5.75. The maximum atomic E-state index is 12.3. The fourth-order valence-electron chi connectivity index (χ4n) is 3.79. The molecule has 0 radical (unpaired) electrons.